The maximum atomic E-state index is 12.3. The van der Waals surface area contributed by atoms with Crippen molar-refractivity contribution in [3.8, 4) is 0 Å². The molecule has 21 heavy (non-hydrogen) atoms. The minimum absolute atomic E-state index is 0.0774. The summed E-state index contributed by atoms with van der Waals surface area (Å²) in [6.45, 7) is 1.62. The van der Waals surface area contributed by atoms with Gasteiger partial charge in [0.25, 0.3) is 10.0 Å². The Morgan fingerprint density at radius 1 is 1.29 bits per heavy atom. The van der Waals surface area contributed by atoms with E-state index in [1.54, 1.807) is 19.1 Å². The molecule has 0 spiro atoms. The van der Waals surface area contributed by atoms with E-state index in [0.29, 0.717) is 10.0 Å². The number of aryl methyl sites for hydroxylation is 1. The quantitative estimate of drug-likeness (QED) is 0.728. The summed E-state index contributed by atoms with van der Waals surface area (Å²) < 4.78 is 28.2. The van der Waals surface area contributed by atoms with E-state index in [1.807, 2.05) is 0 Å². The lowest BCUT2D eigenvalue weighted by molar-refractivity contribution is 0.0701. The third-order valence-corrected chi connectivity index (χ3v) is 6.64. The summed E-state index contributed by atoms with van der Waals surface area (Å²) in [5, 5.41) is 9.25. The Morgan fingerprint density at radius 3 is 2.48 bits per heavy atom. The monoisotopic (exact) mass is 453 g/mol. The van der Waals surface area contributed by atoms with E-state index in [4.69, 9.17) is 5.11 Å². The fourth-order valence-electron chi connectivity index (χ4n) is 1.63. The lowest BCUT2D eigenvalue weighted by Crippen LogP contribution is -2.12. The zero-order valence-electron chi connectivity index (χ0n) is 10.6. The minimum atomic E-state index is -3.79. The number of carbonyl (C=O) groups is 1. The van der Waals surface area contributed by atoms with Gasteiger partial charge < -0.3 is 5.11 Å². The van der Waals surface area contributed by atoms with Crippen molar-refractivity contribution in [2.75, 3.05) is 4.72 Å². The Balaban J connectivity index is 2.37. The Morgan fingerprint density at radius 2 is 1.95 bits per heavy atom. The molecule has 0 unspecified atom stereocenters. The highest BCUT2D eigenvalue weighted by atomic mass is 79.9. The summed E-state index contributed by atoms with van der Waals surface area (Å²) in [7, 11) is -3.79. The number of sulfonamides is 1. The Kier molecular flexibility index (Phi) is 4.76. The predicted molar refractivity (Wildman–Crippen MR) is 88.7 cm³/mol. The molecule has 1 aromatic carbocycles. The first-order valence-corrected chi connectivity index (χ1v) is 9.41. The molecule has 0 fully saturated rings. The first kappa shape index (κ1) is 16.5. The molecule has 0 radical (unpaired) electrons. The minimum Gasteiger partial charge on any atom is -0.477 e. The number of rotatable bonds is 4. The molecule has 2 rings (SSSR count). The van der Waals surface area contributed by atoms with Crippen molar-refractivity contribution in [2.45, 2.75) is 11.8 Å². The van der Waals surface area contributed by atoms with Gasteiger partial charge in [0.05, 0.1) is 0 Å². The van der Waals surface area contributed by atoms with E-state index in [2.05, 4.69) is 36.6 Å². The molecule has 5 nitrogen and oxygen atoms in total. The molecule has 0 amide bonds. The highest BCUT2D eigenvalue weighted by Crippen LogP contribution is 2.31. The molecule has 2 N–H and O–H groups in total. The van der Waals surface area contributed by atoms with Crippen LogP contribution in [-0.4, -0.2) is 19.5 Å². The smallest absolute Gasteiger partial charge is 0.346 e. The number of carboxylic acid groups (broad SMARTS) is 1. The zero-order chi connectivity index (χ0) is 15.8. The van der Waals surface area contributed by atoms with Crippen molar-refractivity contribution in [1.29, 1.82) is 0 Å². The van der Waals surface area contributed by atoms with Gasteiger partial charge in [-0.05, 0) is 52.7 Å². The van der Waals surface area contributed by atoms with Gasteiger partial charge in [-0.25, -0.2) is 13.2 Å². The van der Waals surface area contributed by atoms with E-state index >= 15 is 0 Å². The van der Waals surface area contributed by atoms with Crippen LogP contribution in [0.15, 0.2) is 38.1 Å². The van der Waals surface area contributed by atoms with E-state index < -0.39 is 16.0 Å². The van der Waals surface area contributed by atoms with Crippen LogP contribution >= 0.6 is 43.2 Å². The number of carboxylic acids is 1. The molecule has 0 aliphatic heterocycles. The van der Waals surface area contributed by atoms with Crippen LogP contribution in [-0.2, 0) is 10.0 Å². The van der Waals surface area contributed by atoms with E-state index in [9.17, 15) is 13.2 Å². The van der Waals surface area contributed by atoms with Gasteiger partial charge in [0.2, 0.25) is 0 Å². The largest absolute Gasteiger partial charge is 0.477 e. The molecule has 2 aromatic rings. The normalized spacial score (nSPS) is 11.4. The van der Waals surface area contributed by atoms with Crippen molar-refractivity contribution < 1.29 is 18.3 Å². The number of nitrogens with one attached hydrogen (secondary N) is 1. The van der Waals surface area contributed by atoms with E-state index in [1.165, 1.54) is 12.1 Å². The maximum absolute atomic E-state index is 12.3. The number of hydrogen-bond donors (Lipinski definition) is 2. The molecule has 9 heteroatoms. The van der Waals surface area contributed by atoms with Crippen LogP contribution in [0.5, 0.6) is 0 Å². The van der Waals surface area contributed by atoms with Gasteiger partial charge in [0.15, 0.2) is 0 Å². The fourth-order valence-corrected chi connectivity index (χ4v) is 5.57. The van der Waals surface area contributed by atoms with Crippen molar-refractivity contribution in [3.63, 3.8) is 0 Å². The molecule has 0 saturated carbocycles. The second-order valence-corrected chi connectivity index (χ2v) is 8.58. The molecular weight excluding hydrogens is 446 g/mol. The molecular formula is C12H9Br2NO4S2. The topological polar surface area (TPSA) is 83.5 Å². The summed E-state index contributed by atoms with van der Waals surface area (Å²) in [6.07, 6.45) is 0. The van der Waals surface area contributed by atoms with E-state index in [-0.39, 0.29) is 14.8 Å². The van der Waals surface area contributed by atoms with Gasteiger partial charge in [-0.1, -0.05) is 15.9 Å². The number of hydrogen-bond acceptors (Lipinski definition) is 4. The molecule has 112 valence electrons. The summed E-state index contributed by atoms with van der Waals surface area (Å²) >= 11 is 7.33. The van der Waals surface area contributed by atoms with Crippen LogP contribution in [0.25, 0.3) is 0 Å². The molecule has 0 aliphatic rings. The van der Waals surface area contributed by atoms with Gasteiger partial charge in [-0.3, -0.25) is 4.72 Å². The lowest BCUT2D eigenvalue weighted by Gasteiger charge is -2.08. The van der Waals surface area contributed by atoms with Crippen molar-refractivity contribution in [1.82, 2.24) is 0 Å². The van der Waals surface area contributed by atoms with Crippen molar-refractivity contribution in [3.05, 3.63) is 43.7 Å². The highest BCUT2D eigenvalue weighted by Gasteiger charge is 2.20. The fraction of sp³-hybridized carbons (Fsp3) is 0.0833. The molecule has 0 saturated heterocycles. The maximum Gasteiger partial charge on any atom is 0.346 e. The number of halogens is 2. The summed E-state index contributed by atoms with van der Waals surface area (Å²) in [6, 6.07) is 6.19. The first-order chi connectivity index (χ1) is 9.70. The van der Waals surface area contributed by atoms with Gasteiger partial charge >= 0.3 is 5.97 Å². The number of thiophene rings is 1. The zero-order valence-corrected chi connectivity index (χ0v) is 15.4. The molecule has 1 heterocycles. The number of benzene rings is 1. The van der Waals surface area contributed by atoms with Crippen LogP contribution < -0.4 is 4.72 Å². The van der Waals surface area contributed by atoms with E-state index in [0.717, 1.165) is 15.8 Å². The van der Waals surface area contributed by atoms with Crippen molar-refractivity contribution >= 4 is 64.2 Å². The van der Waals surface area contributed by atoms with Gasteiger partial charge in [-0.15, -0.1) is 11.3 Å². The van der Waals surface area contributed by atoms with Gasteiger partial charge in [0.1, 0.15) is 14.8 Å². The predicted octanol–water partition coefficient (Wildman–Crippen LogP) is 4.08. The SMILES string of the molecule is Cc1cc(NS(=O)(=O)c2ccc(Br)cc2Br)sc1C(=O)O. The second-order valence-electron chi connectivity index (χ2n) is 4.11. The second kappa shape index (κ2) is 6.07. The Labute approximate surface area is 142 Å². The molecule has 0 aliphatic carbocycles. The van der Waals surface area contributed by atoms with Crippen LogP contribution in [0.4, 0.5) is 5.00 Å². The Hall–Kier alpha value is -0.900. The number of aromatic carboxylic acids is 1. The Bertz CT molecular complexity index is 815. The first-order valence-electron chi connectivity index (χ1n) is 5.52. The molecule has 0 atom stereocenters. The number of anilines is 1. The average Bonchev–Trinajstić information content (AvgIpc) is 2.68. The van der Waals surface area contributed by atoms with Crippen LogP contribution in [0, 0.1) is 6.92 Å². The third kappa shape index (κ3) is 3.65. The van der Waals surface area contributed by atoms with Crippen LogP contribution in [0.3, 0.4) is 0 Å². The lowest BCUT2D eigenvalue weighted by atomic mass is 10.3. The van der Waals surface area contributed by atoms with Gasteiger partial charge in [-0.2, -0.15) is 0 Å². The summed E-state index contributed by atoms with van der Waals surface area (Å²) in [5.41, 5.74) is 0.514. The standard InChI is InChI=1S/C12H9Br2NO4S2/c1-6-4-10(20-11(6)12(16)17)15-21(18,19)9-3-2-7(13)5-8(9)14/h2-5,15H,1H3,(H,16,17). The van der Waals surface area contributed by atoms with Gasteiger partial charge in [0, 0.05) is 8.95 Å². The average molecular weight is 455 g/mol. The van der Waals surface area contributed by atoms with Crippen LogP contribution in [0.2, 0.25) is 0 Å². The molecule has 1 aromatic heterocycles. The summed E-state index contributed by atoms with van der Waals surface area (Å²) in [4.78, 5) is 11.2. The molecule has 0 bridgehead atoms. The van der Waals surface area contributed by atoms with Crippen molar-refractivity contribution in [2.24, 2.45) is 0 Å². The van der Waals surface area contributed by atoms with Crippen LogP contribution in [0.1, 0.15) is 15.2 Å². The third-order valence-electron chi connectivity index (χ3n) is 2.53. The summed E-state index contributed by atoms with van der Waals surface area (Å²) in [5.74, 6) is -1.08. The highest BCUT2D eigenvalue weighted by molar-refractivity contribution is 9.11.